The Bertz CT molecular complexity index is 882. The van der Waals surface area contributed by atoms with E-state index in [1.54, 1.807) is 55.8 Å². The molecule has 0 bridgehead atoms. The van der Waals surface area contributed by atoms with Crippen LogP contribution in [0.1, 0.15) is 10.4 Å². The van der Waals surface area contributed by atoms with E-state index in [1.807, 2.05) is 18.2 Å². The second-order valence-electron chi connectivity index (χ2n) is 5.07. The van der Waals surface area contributed by atoms with Crippen molar-refractivity contribution in [3.8, 4) is 17.4 Å². The highest BCUT2D eigenvalue weighted by Crippen LogP contribution is 2.28. The van der Waals surface area contributed by atoms with Crippen LogP contribution in [0.4, 0.5) is 5.69 Å². The van der Waals surface area contributed by atoms with Crippen molar-refractivity contribution >= 4 is 34.2 Å². The van der Waals surface area contributed by atoms with Crippen LogP contribution >= 0.6 is 22.6 Å². The van der Waals surface area contributed by atoms with Crippen LogP contribution in [-0.4, -0.2) is 18.0 Å². The Morgan fingerprint density at radius 2 is 1.72 bits per heavy atom. The third kappa shape index (κ3) is 4.27. The van der Waals surface area contributed by atoms with E-state index in [-0.39, 0.29) is 5.91 Å². The fourth-order valence-electron chi connectivity index (χ4n) is 2.16. The van der Waals surface area contributed by atoms with Crippen LogP contribution in [0.25, 0.3) is 0 Å². The van der Waals surface area contributed by atoms with Gasteiger partial charge in [0.25, 0.3) is 5.91 Å². The lowest BCUT2D eigenvalue weighted by Crippen LogP contribution is -2.14. The fraction of sp³-hybridized carbons (Fsp3) is 0.0526. The summed E-state index contributed by atoms with van der Waals surface area (Å²) in [6, 6.07) is 18.0. The van der Waals surface area contributed by atoms with Crippen molar-refractivity contribution < 1.29 is 14.3 Å². The van der Waals surface area contributed by atoms with Gasteiger partial charge in [-0.2, -0.15) is 0 Å². The maximum absolute atomic E-state index is 12.5. The number of carbonyl (C=O) groups is 1. The number of nitrogens with zero attached hydrogens (tertiary/aromatic N) is 1. The highest BCUT2D eigenvalue weighted by atomic mass is 127. The Hall–Kier alpha value is -2.61. The fourth-order valence-corrected chi connectivity index (χ4v) is 2.79. The molecule has 6 heteroatoms. The van der Waals surface area contributed by atoms with Crippen LogP contribution in [0.3, 0.4) is 0 Å². The van der Waals surface area contributed by atoms with Crippen LogP contribution in [0, 0.1) is 3.57 Å². The normalized spacial score (nSPS) is 10.2. The molecule has 1 N–H and O–H groups in total. The predicted molar refractivity (Wildman–Crippen MR) is 104 cm³/mol. The molecule has 2 aromatic carbocycles. The van der Waals surface area contributed by atoms with Gasteiger partial charge in [0, 0.05) is 9.77 Å². The van der Waals surface area contributed by atoms with E-state index >= 15 is 0 Å². The first-order valence-corrected chi connectivity index (χ1v) is 8.58. The largest absolute Gasteiger partial charge is 0.497 e. The van der Waals surface area contributed by atoms with Crippen molar-refractivity contribution in [2.24, 2.45) is 0 Å². The Labute approximate surface area is 159 Å². The molecular weight excluding hydrogens is 431 g/mol. The van der Waals surface area contributed by atoms with E-state index in [0.29, 0.717) is 22.9 Å². The van der Waals surface area contributed by atoms with E-state index in [9.17, 15) is 4.79 Å². The molecule has 3 aromatic rings. The zero-order chi connectivity index (χ0) is 17.6. The van der Waals surface area contributed by atoms with Crippen molar-refractivity contribution in [3.63, 3.8) is 0 Å². The maximum atomic E-state index is 12.5. The molecule has 0 saturated heterocycles. The number of halogens is 1. The van der Waals surface area contributed by atoms with Gasteiger partial charge in [-0.3, -0.25) is 4.79 Å². The molecule has 126 valence electrons. The number of pyridine rings is 1. The second kappa shape index (κ2) is 7.98. The van der Waals surface area contributed by atoms with Gasteiger partial charge in [-0.15, -0.1) is 0 Å². The predicted octanol–water partition coefficient (Wildman–Crippen LogP) is 4.74. The van der Waals surface area contributed by atoms with Crippen LogP contribution in [0.2, 0.25) is 0 Å². The van der Waals surface area contributed by atoms with Crippen molar-refractivity contribution in [1.29, 1.82) is 0 Å². The Balaban J connectivity index is 1.81. The zero-order valence-corrected chi connectivity index (χ0v) is 15.6. The summed E-state index contributed by atoms with van der Waals surface area (Å²) in [5.41, 5.74) is 1.10. The first-order valence-electron chi connectivity index (χ1n) is 7.50. The molecule has 0 aliphatic rings. The average Bonchev–Trinajstić information content (AvgIpc) is 2.64. The Morgan fingerprint density at radius 1 is 1.00 bits per heavy atom. The van der Waals surface area contributed by atoms with Gasteiger partial charge in [0.05, 0.1) is 12.7 Å². The summed E-state index contributed by atoms with van der Waals surface area (Å²) < 4.78 is 11.8. The number of hydrogen-bond acceptors (Lipinski definition) is 4. The highest BCUT2D eigenvalue weighted by Gasteiger charge is 2.13. The van der Waals surface area contributed by atoms with Gasteiger partial charge < -0.3 is 14.8 Å². The number of methoxy groups -OCH3 is 1. The van der Waals surface area contributed by atoms with Crippen LogP contribution < -0.4 is 14.8 Å². The van der Waals surface area contributed by atoms with Crippen LogP contribution in [0.5, 0.6) is 17.4 Å². The summed E-state index contributed by atoms with van der Waals surface area (Å²) in [5, 5.41) is 2.85. The lowest BCUT2D eigenvalue weighted by Gasteiger charge is -2.12. The van der Waals surface area contributed by atoms with E-state index < -0.39 is 0 Å². The molecule has 0 radical (unpaired) electrons. The molecule has 0 aliphatic heterocycles. The van der Waals surface area contributed by atoms with E-state index in [0.717, 1.165) is 9.32 Å². The maximum Gasteiger partial charge on any atom is 0.256 e. The van der Waals surface area contributed by atoms with Crippen molar-refractivity contribution in [2.75, 3.05) is 12.4 Å². The van der Waals surface area contributed by atoms with Crippen molar-refractivity contribution in [3.05, 3.63) is 76.0 Å². The summed E-state index contributed by atoms with van der Waals surface area (Å²) in [4.78, 5) is 16.7. The molecule has 0 saturated carbocycles. The molecule has 1 aromatic heterocycles. The molecule has 0 spiro atoms. The summed E-state index contributed by atoms with van der Waals surface area (Å²) in [7, 11) is 1.60. The third-order valence-electron chi connectivity index (χ3n) is 3.41. The molecule has 0 unspecified atom stereocenters. The monoisotopic (exact) mass is 446 g/mol. The summed E-state index contributed by atoms with van der Waals surface area (Å²) in [5.74, 6) is 1.45. The summed E-state index contributed by atoms with van der Waals surface area (Å²) >= 11 is 2.13. The van der Waals surface area contributed by atoms with Gasteiger partial charge in [-0.25, -0.2) is 4.98 Å². The molecule has 25 heavy (non-hydrogen) atoms. The van der Waals surface area contributed by atoms with Gasteiger partial charge >= 0.3 is 0 Å². The van der Waals surface area contributed by atoms with Gasteiger partial charge in [-0.05, 0) is 71.1 Å². The molecule has 0 fully saturated rings. The number of amides is 1. The number of anilines is 1. The summed E-state index contributed by atoms with van der Waals surface area (Å²) in [6.45, 7) is 0. The molecule has 3 rings (SSSR count). The first kappa shape index (κ1) is 17.2. The topological polar surface area (TPSA) is 60.5 Å². The quantitative estimate of drug-likeness (QED) is 0.576. The molecule has 0 aliphatic carbocycles. The second-order valence-corrected chi connectivity index (χ2v) is 6.23. The van der Waals surface area contributed by atoms with Crippen molar-refractivity contribution in [1.82, 2.24) is 4.98 Å². The smallest absolute Gasteiger partial charge is 0.256 e. The number of hydrogen-bond donors (Lipinski definition) is 1. The molecule has 5 nitrogen and oxygen atoms in total. The number of nitrogens with one attached hydrogen (secondary N) is 1. The number of rotatable bonds is 5. The van der Waals surface area contributed by atoms with Crippen LogP contribution in [-0.2, 0) is 0 Å². The lowest BCUT2D eigenvalue weighted by atomic mass is 10.2. The van der Waals surface area contributed by atoms with E-state index in [4.69, 9.17) is 9.47 Å². The average molecular weight is 446 g/mol. The van der Waals surface area contributed by atoms with E-state index in [1.165, 1.54) is 0 Å². The van der Waals surface area contributed by atoms with Gasteiger partial charge in [0.1, 0.15) is 17.2 Å². The zero-order valence-electron chi connectivity index (χ0n) is 13.4. The minimum atomic E-state index is -0.211. The number of benzene rings is 2. The van der Waals surface area contributed by atoms with Gasteiger partial charge in [0.15, 0.2) is 0 Å². The van der Waals surface area contributed by atoms with Gasteiger partial charge in [-0.1, -0.05) is 12.1 Å². The summed E-state index contributed by atoms with van der Waals surface area (Å²) in [6.07, 6.45) is 1.61. The highest BCUT2D eigenvalue weighted by molar-refractivity contribution is 14.1. The lowest BCUT2D eigenvalue weighted by molar-refractivity contribution is 0.102. The minimum Gasteiger partial charge on any atom is -0.497 e. The Kier molecular flexibility index (Phi) is 5.49. The number of ether oxygens (including phenoxy) is 2. The number of aromatic nitrogens is 1. The van der Waals surface area contributed by atoms with E-state index in [2.05, 4.69) is 32.9 Å². The third-order valence-corrected chi connectivity index (χ3v) is 4.35. The standard InChI is InChI=1S/C19H15IN2O3/c1-24-13-8-10-14(11-9-13)25-19-17(7-4-12-21-19)22-18(23)15-5-2-3-6-16(15)20/h2-12H,1H3,(H,22,23). The molecule has 1 heterocycles. The van der Waals surface area contributed by atoms with Crippen molar-refractivity contribution in [2.45, 2.75) is 0 Å². The number of carbonyl (C=O) groups excluding carboxylic acids is 1. The SMILES string of the molecule is COc1ccc(Oc2ncccc2NC(=O)c2ccccc2I)cc1. The molecule has 0 atom stereocenters. The minimum absolute atomic E-state index is 0.211. The molecule has 1 amide bonds. The molecular formula is C19H15IN2O3. The van der Waals surface area contributed by atoms with Gasteiger partial charge in [0.2, 0.25) is 5.88 Å². The Morgan fingerprint density at radius 3 is 2.44 bits per heavy atom. The van der Waals surface area contributed by atoms with Crippen LogP contribution in [0.15, 0.2) is 66.9 Å². The first-order chi connectivity index (χ1) is 12.2.